The van der Waals surface area contributed by atoms with E-state index in [0.29, 0.717) is 30.7 Å². The van der Waals surface area contributed by atoms with E-state index in [-0.39, 0.29) is 17.4 Å². The minimum atomic E-state index is -1.75. The largest absolute Gasteiger partial charge is 0.348 e. The first-order valence-electron chi connectivity index (χ1n) is 8.24. The van der Waals surface area contributed by atoms with E-state index >= 15 is 0 Å². The van der Waals surface area contributed by atoms with Crippen LogP contribution in [0.1, 0.15) is 25.0 Å². The van der Waals surface area contributed by atoms with Crippen LogP contribution in [0.3, 0.4) is 0 Å². The molecule has 1 saturated heterocycles. The zero-order chi connectivity index (χ0) is 19.1. The lowest BCUT2D eigenvalue weighted by Gasteiger charge is -2.44. The molecule has 1 amide bonds. The number of nitrogens with one attached hydrogen (secondary N) is 2. The average Bonchev–Trinajstić information content (AvgIpc) is 2.54. The second-order valence-corrected chi connectivity index (χ2v) is 9.48. The highest BCUT2D eigenvalue weighted by Crippen LogP contribution is 2.35. The SMILES string of the molecule is CC(=O)N[C@H](NC(=S)N1C[C@@H]2C[C@@H](C1)c1cccc(=O)n1C2)C(Cl)(Cl)Cl. The number of rotatable bonds is 2. The molecule has 0 spiro atoms. The minimum absolute atomic E-state index is 0.0354. The van der Waals surface area contributed by atoms with E-state index in [1.807, 2.05) is 15.5 Å². The first-order valence-corrected chi connectivity index (χ1v) is 9.78. The molecule has 6 nitrogen and oxygen atoms in total. The normalized spacial score (nSPS) is 23.0. The number of alkyl halides is 3. The van der Waals surface area contributed by atoms with Gasteiger partial charge in [0.05, 0.1) is 0 Å². The lowest BCUT2D eigenvalue weighted by atomic mass is 9.83. The molecule has 142 valence electrons. The summed E-state index contributed by atoms with van der Waals surface area (Å²) < 4.78 is 0.107. The second kappa shape index (κ2) is 7.54. The maximum atomic E-state index is 12.1. The molecule has 0 aliphatic carbocycles. The number of likely N-dealkylation sites (tertiary alicyclic amines) is 1. The van der Waals surface area contributed by atoms with Gasteiger partial charge in [0.25, 0.3) is 5.56 Å². The number of carbonyl (C=O) groups is 1. The van der Waals surface area contributed by atoms with Gasteiger partial charge in [-0.3, -0.25) is 9.59 Å². The number of hydrogen-bond donors (Lipinski definition) is 2. The van der Waals surface area contributed by atoms with Crippen LogP contribution < -0.4 is 16.2 Å². The zero-order valence-electron chi connectivity index (χ0n) is 14.0. The third-order valence-corrected chi connectivity index (χ3v) is 5.74. The molecule has 2 aliphatic rings. The van der Waals surface area contributed by atoms with Crippen LogP contribution in [0.25, 0.3) is 0 Å². The summed E-state index contributed by atoms with van der Waals surface area (Å²) in [5, 5.41) is 5.91. The molecule has 1 aromatic heterocycles. The molecule has 0 unspecified atom stereocenters. The Hall–Kier alpha value is -1.02. The van der Waals surface area contributed by atoms with Crippen molar-refractivity contribution in [2.24, 2.45) is 5.92 Å². The molecule has 0 saturated carbocycles. The van der Waals surface area contributed by atoms with E-state index in [1.54, 1.807) is 12.1 Å². The number of piperidine rings is 1. The van der Waals surface area contributed by atoms with Crippen molar-refractivity contribution in [3.63, 3.8) is 0 Å². The lowest BCUT2D eigenvalue weighted by Crippen LogP contribution is -2.59. The van der Waals surface area contributed by atoms with Crippen LogP contribution in [0.4, 0.5) is 0 Å². The lowest BCUT2D eigenvalue weighted by molar-refractivity contribution is -0.119. The summed E-state index contributed by atoms with van der Waals surface area (Å²) in [5.41, 5.74) is 1.06. The van der Waals surface area contributed by atoms with Gasteiger partial charge >= 0.3 is 0 Å². The average molecular weight is 438 g/mol. The predicted octanol–water partition coefficient (Wildman–Crippen LogP) is 1.97. The minimum Gasteiger partial charge on any atom is -0.348 e. The Balaban J connectivity index is 1.74. The topological polar surface area (TPSA) is 66.4 Å². The van der Waals surface area contributed by atoms with E-state index < -0.39 is 9.96 Å². The van der Waals surface area contributed by atoms with Crippen molar-refractivity contribution in [3.8, 4) is 0 Å². The van der Waals surface area contributed by atoms with Crippen molar-refractivity contribution in [1.82, 2.24) is 20.1 Å². The molecule has 2 N–H and O–H groups in total. The number of hydrogen-bond acceptors (Lipinski definition) is 3. The van der Waals surface area contributed by atoms with E-state index in [2.05, 4.69) is 10.6 Å². The van der Waals surface area contributed by atoms with Crippen molar-refractivity contribution in [2.45, 2.75) is 35.8 Å². The summed E-state index contributed by atoms with van der Waals surface area (Å²) in [6.45, 7) is 3.38. The molecule has 1 fully saturated rings. The van der Waals surface area contributed by atoms with Crippen LogP contribution in [0.2, 0.25) is 0 Å². The first-order chi connectivity index (χ1) is 12.1. The molecule has 0 radical (unpaired) electrons. The number of halogens is 3. The first kappa shape index (κ1) is 19.7. The molecule has 10 heteroatoms. The molecule has 3 atom stereocenters. The number of aromatic nitrogens is 1. The van der Waals surface area contributed by atoms with Crippen LogP contribution in [0.15, 0.2) is 23.0 Å². The maximum absolute atomic E-state index is 12.1. The third-order valence-electron chi connectivity index (χ3n) is 4.71. The Kier molecular flexibility index (Phi) is 5.72. The quantitative estimate of drug-likeness (QED) is 0.421. The van der Waals surface area contributed by atoms with Crippen molar-refractivity contribution in [1.29, 1.82) is 0 Å². The van der Waals surface area contributed by atoms with E-state index in [4.69, 9.17) is 47.0 Å². The van der Waals surface area contributed by atoms with Gasteiger partial charge < -0.3 is 20.1 Å². The van der Waals surface area contributed by atoms with Gasteiger partial charge in [-0.2, -0.15) is 0 Å². The predicted molar refractivity (Wildman–Crippen MR) is 107 cm³/mol. The Morgan fingerprint density at radius 3 is 2.65 bits per heavy atom. The molecule has 1 aromatic rings. The molecular formula is C16H19Cl3N4O2S. The van der Waals surface area contributed by atoms with Crippen LogP contribution in [0.5, 0.6) is 0 Å². The fourth-order valence-electron chi connectivity index (χ4n) is 3.68. The fraction of sp³-hybridized carbons (Fsp3) is 0.562. The van der Waals surface area contributed by atoms with Gasteiger partial charge in [-0.15, -0.1) is 0 Å². The Bertz CT molecular complexity index is 779. The van der Waals surface area contributed by atoms with Gasteiger partial charge in [0.1, 0.15) is 6.17 Å². The van der Waals surface area contributed by atoms with Crippen molar-refractivity contribution in [2.75, 3.05) is 13.1 Å². The highest BCUT2D eigenvalue weighted by Gasteiger charge is 2.38. The van der Waals surface area contributed by atoms with Crippen molar-refractivity contribution in [3.05, 3.63) is 34.2 Å². The highest BCUT2D eigenvalue weighted by atomic mass is 35.6. The van der Waals surface area contributed by atoms with Gasteiger partial charge in [-0.1, -0.05) is 40.9 Å². The number of nitrogens with zero attached hydrogens (tertiary/aromatic N) is 2. The molecule has 3 rings (SSSR count). The summed E-state index contributed by atoms with van der Waals surface area (Å²) in [7, 11) is 0. The fourth-order valence-corrected chi connectivity index (χ4v) is 4.27. The van der Waals surface area contributed by atoms with Gasteiger partial charge in [-0.05, 0) is 30.6 Å². The van der Waals surface area contributed by atoms with E-state index in [0.717, 1.165) is 12.1 Å². The molecule has 3 heterocycles. The zero-order valence-corrected chi connectivity index (χ0v) is 17.1. The van der Waals surface area contributed by atoms with Crippen LogP contribution in [0, 0.1) is 5.92 Å². The highest BCUT2D eigenvalue weighted by molar-refractivity contribution is 7.80. The molecule has 2 bridgehead atoms. The Morgan fingerprint density at radius 2 is 2.00 bits per heavy atom. The smallest absolute Gasteiger partial charge is 0.250 e. The van der Waals surface area contributed by atoms with Gasteiger partial charge in [0, 0.05) is 44.2 Å². The van der Waals surface area contributed by atoms with Gasteiger partial charge in [-0.25, -0.2) is 0 Å². The molecular weight excluding hydrogens is 419 g/mol. The van der Waals surface area contributed by atoms with Crippen LogP contribution >= 0.6 is 47.0 Å². The van der Waals surface area contributed by atoms with Crippen molar-refractivity contribution >= 4 is 58.0 Å². The summed E-state index contributed by atoms with van der Waals surface area (Å²) >= 11 is 23.3. The third kappa shape index (κ3) is 4.27. The summed E-state index contributed by atoms with van der Waals surface area (Å²) in [5.74, 6) is 0.191. The van der Waals surface area contributed by atoms with Crippen molar-refractivity contribution < 1.29 is 4.79 Å². The van der Waals surface area contributed by atoms with E-state index in [1.165, 1.54) is 6.92 Å². The number of thiocarbonyl (C=S) groups is 1. The second-order valence-electron chi connectivity index (χ2n) is 6.73. The van der Waals surface area contributed by atoms with Crippen LogP contribution in [-0.4, -0.2) is 43.5 Å². The molecule has 26 heavy (non-hydrogen) atoms. The standard InChI is InChI=1S/C16H19Cl3N4O2S/c1-9(24)20-14(16(17,18)19)21-15(26)22-6-10-5-11(8-22)12-3-2-4-13(25)23(12)7-10/h2-4,10-11,14H,5-8H2,1H3,(H,20,24)(H,21,26)/t10-,11-,14+/m0/s1. The van der Waals surface area contributed by atoms with Crippen LogP contribution in [-0.2, 0) is 11.3 Å². The summed E-state index contributed by atoms with van der Waals surface area (Å²) in [6.07, 6.45) is 0.0801. The summed E-state index contributed by atoms with van der Waals surface area (Å²) in [6, 6.07) is 5.37. The molecule has 0 aromatic carbocycles. The number of amides is 1. The Morgan fingerprint density at radius 1 is 1.27 bits per heavy atom. The molecule has 2 aliphatic heterocycles. The van der Waals surface area contributed by atoms with E-state index in [9.17, 15) is 9.59 Å². The number of fused-ring (bicyclic) bond motifs is 4. The monoisotopic (exact) mass is 436 g/mol. The summed E-state index contributed by atoms with van der Waals surface area (Å²) in [4.78, 5) is 25.5. The maximum Gasteiger partial charge on any atom is 0.250 e. The van der Waals surface area contributed by atoms with Gasteiger partial charge in [0.15, 0.2) is 5.11 Å². The van der Waals surface area contributed by atoms with Gasteiger partial charge in [0.2, 0.25) is 9.70 Å². The number of pyridine rings is 1. The Labute approximate surface area is 171 Å². The number of carbonyl (C=O) groups excluding carboxylic acids is 1.